The van der Waals surface area contributed by atoms with Crippen LogP contribution in [-0.4, -0.2) is 12.1 Å². The van der Waals surface area contributed by atoms with Gasteiger partial charge < -0.3 is 11.5 Å². The second-order valence-corrected chi connectivity index (χ2v) is 9.92. The first-order valence-corrected chi connectivity index (χ1v) is 11.8. The number of hydrogen-bond donors (Lipinski definition) is 2. The summed E-state index contributed by atoms with van der Waals surface area (Å²) in [5, 5.41) is 0. The third-order valence-electron chi connectivity index (χ3n) is 7.75. The molecule has 1 rings (SSSR count). The molecule has 0 heterocycles. The lowest BCUT2D eigenvalue weighted by Crippen LogP contribution is -2.40. The molecular weight excluding hydrogens is 316 g/mol. The summed E-state index contributed by atoms with van der Waals surface area (Å²) >= 11 is 0. The van der Waals surface area contributed by atoms with E-state index >= 15 is 0 Å². The third-order valence-corrected chi connectivity index (χ3v) is 7.75. The topological polar surface area (TPSA) is 52.0 Å². The SMILES string of the molecule is CCC1CC(C(C)(CC)CCCCCCCCC(N)C(C)C)CCC1N. The van der Waals surface area contributed by atoms with E-state index in [0.717, 1.165) is 11.8 Å². The van der Waals surface area contributed by atoms with Gasteiger partial charge in [-0.3, -0.25) is 0 Å². The van der Waals surface area contributed by atoms with Crippen LogP contribution in [0.25, 0.3) is 0 Å². The number of hydrogen-bond acceptors (Lipinski definition) is 2. The van der Waals surface area contributed by atoms with Gasteiger partial charge in [0.05, 0.1) is 0 Å². The van der Waals surface area contributed by atoms with Crippen molar-refractivity contribution < 1.29 is 0 Å². The molecule has 26 heavy (non-hydrogen) atoms. The molecule has 1 fully saturated rings. The quantitative estimate of drug-likeness (QED) is 0.358. The third kappa shape index (κ3) is 7.89. The summed E-state index contributed by atoms with van der Waals surface area (Å²) in [6.45, 7) is 11.8. The molecule has 0 aliphatic heterocycles. The van der Waals surface area contributed by atoms with E-state index < -0.39 is 0 Å². The van der Waals surface area contributed by atoms with Crippen LogP contribution in [0.4, 0.5) is 0 Å². The minimum Gasteiger partial charge on any atom is -0.327 e. The Labute approximate surface area is 165 Å². The van der Waals surface area contributed by atoms with Gasteiger partial charge in [0.2, 0.25) is 0 Å². The van der Waals surface area contributed by atoms with E-state index in [1.807, 2.05) is 0 Å². The van der Waals surface area contributed by atoms with Crippen molar-refractivity contribution in [1.82, 2.24) is 0 Å². The van der Waals surface area contributed by atoms with Gasteiger partial charge in [0.25, 0.3) is 0 Å². The highest BCUT2D eigenvalue weighted by molar-refractivity contribution is 4.90. The van der Waals surface area contributed by atoms with Crippen molar-refractivity contribution in [1.29, 1.82) is 0 Å². The van der Waals surface area contributed by atoms with Crippen LogP contribution in [-0.2, 0) is 0 Å². The molecule has 1 aliphatic rings. The lowest BCUT2D eigenvalue weighted by atomic mass is 9.62. The molecule has 0 radical (unpaired) electrons. The van der Waals surface area contributed by atoms with Gasteiger partial charge in [-0.05, 0) is 55.3 Å². The van der Waals surface area contributed by atoms with Crippen LogP contribution in [0.3, 0.4) is 0 Å². The number of rotatable bonds is 13. The molecule has 0 amide bonds. The Hall–Kier alpha value is -0.0800. The normalized spacial score (nSPS) is 27.5. The van der Waals surface area contributed by atoms with Crippen LogP contribution >= 0.6 is 0 Å². The molecule has 5 unspecified atom stereocenters. The van der Waals surface area contributed by atoms with E-state index in [2.05, 4.69) is 34.6 Å². The fourth-order valence-electron chi connectivity index (χ4n) is 5.01. The molecule has 156 valence electrons. The van der Waals surface area contributed by atoms with Crippen LogP contribution < -0.4 is 11.5 Å². The minimum absolute atomic E-state index is 0.399. The summed E-state index contributed by atoms with van der Waals surface area (Å²) in [4.78, 5) is 0. The van der Waals surface area contributed by atoms with Crippen LogP contribution in [0.5, 0.6) is 0 Å². The summed E-state index contributed by atoms with van der Waals surface area (Å²) in [5.74, 6) is 2.29. The van der Waals surface area contributed by atoms with Gasteiger partial charge in [-0.25, -0.2) is 0 Å². The highest BCUT2D eigenvalue weighted by Gasteiger charge is 2.37. The fraction of sp³-hybridized carbons (Fsp3) is 1.00. The first-order chi connectivity index (χ1) is 12.3. The van der Waals surface area contributed by atoms with Gasteiger partial charge in [0.1, 0.15) is 0 Å². The van der Waals surface area contributed by atoms with Gasteiger partial charge >= 0.3 is 0 Å². The van der Waals surface area contributed by atoms with Gasteiger partial charge in [-0.1, -0.05) is 86.0 Å². The maximum atomic E-state index is 6.34. The Morgan fingerprint density at radius 3 is 2.15 bits per heavy atom. The fourth-order valence-corrected chi connectivity index (χ4v) is 5.01. The van der Waals surface area contributed by atoms with Crippen molar-refractivity contribution in [3.05, 3.63) is 0 Å². The Morgan fingerprint density at radius 1 is 0.962 bits per heavy atom. The van der Waals surface area contributed by atoms with Gasteiger partial charge in [0.15, 0.2) is 0 Å². The summed E-state index contributed by atoms with van der Waals surface area (Å²) in [7, 11) is 0. The van der Waals surface area contributed by atoms with Crippen LogP contribution in [0.2, 0.25) is 0 Å². The van der Waals surface area contributed by atoms with Gasteiger partial charge in [-0.15, -0.1) is 0 Å². The second kappa shape index (κ2) is 12.4. The Kier molecular flexibility index (Phi) is 11.4. The first-order valence-electron chi connectivity index (χ1n) is 11.8. The maximum Gasteiger partial charge on any atom is 0.00672 e. The molecular formula is C24H50N2. The average molecular weight is 367 g/mol. The average Bonchev–Trinajstić information content (AvgIpc) is 2.63. The van der Waals surface area contributed by atoms with E-state index in [9.17, 15) is 0 Å². The Balaban J connectivity index is 2.21. The smallest absolute Gasteiger partial charge is 0.00672 e. The molecule has 1 saturated carbocycles. The predicted molar refractivity (Wildman–Crippen MR) is 117 cm³/mol. The highest BCUT2D eigenvalue weighted by atomic mass is 14.7. The molecule has 0 aromatic rings. The minimum atomic E-state index is 0.399. The molecule has 0 spiro atoms. The van der Waals surface area contributed by atoms with E-state index in [-0.39, 0.29) is 0 Å². The van der Waals surface area contributed by atoms with Gasteiger partial charge in [0, 0.05) is 12.1 Å². The molecule has 5 atom stereocenters. The molecule has 2 heteroatoms. The summed E-state index contributed by atoms with van der Waals surface area (Å²) in [5.41, 5.74) is 13.0. The summed E-state index contributed by atoms with van der Waals surface area (Å²) in [6, 6.07) is 0.858. The second-order valence-electron chi connectivity index (χ2n) is 9.92. The number of nitrogens with two attached hydrogens (primary N) is 2. The Bertz CT molecular complexity index is 354. The van der Waals surface area contributed by atoms with E-state index in [4.69, 9.17) is 11.5 Å². The zero-order valence-corrected chi connectivity index (χ0v) is 18.7. The van der Waals surface area contributed by atoms with Crippen LogP contribution in [0.15, 0.2) is 0 Å². The molecule has 1 aliphatic carbocycles. The summed E-state index contributed by atoms with van der Waals surface area (Å²) in [6.07, 6.45) is 17.5. The monoisotopic (exact) mass is 366 g/mol. The summed E-state index contributed by atoms with van der Waals surface area (Å²) < 4.78 is 0. The molecule has 0 aromatic heterocycles. The van der Waals surface area contributed by atoms with Gasteiger partial charge in [-0.2, -0.15) is 0 Å². The zero-order valence-electron chi connectivity index (χ0n) is 18.7. The standard InChI is InChI=1S/C24H50N2/c1-6-20-18-21(15-16-23(20)26)24(5,7-2)17-13-11-9-8-10-12-14-22(25)19(3)4/h19-23H,6-18,25-26H2,1-5H3. The molecule has 0 bridgehead atoms. The van der Waals surface area contributed by atoms with E-state index in [0.29, 0.717) is 23.4 Å². The molecule has 4 N–H and O–H groups in total. The highest BCUT2D eigenvalue weighted by Crippen LogP contribution is 2.46. The lowest BCUT2D eigenvalue weighted by Gasteiger charge is -2.44. The van der Waals surface area contributed by atoms with Crippen molar-refractivity contribution in [2.24, 2.45) is 34.6 Å². The van der Waals surface area contributed by atoms with Crippen LogP contribution in [0, 0.1) is 23.2 Å². The molecule has 0 aromatic carbocycles. The number of unbranched alkanes of at least 4 members (excludes halogenated alkanes) is 5. The van der Waals surface area contributed by atoms with Crippen LogP contribution in [0.1, 0.15) is 118 Å². The zero-order chi connectivity index (χ0) is 19.6. The molecule has 2 nitrogen and oxygen atoms in total. The maximum absolute atomic E-state index is 6.34. The van der Waals surface area contributed by atoms with E-state index in [1.165, 1.54) is 83.5 Å². The van der Waals surface area contributed by atoms with Crippen molar-refractivity contribution in [3.63, 3.8) is 0 Å². The predicted octanol–water partition coefficient (Wildman–Crippen LogP) is 6.66. The van der Waals surface area contributed by atoms with Crippen molar-refractivity contribution in [2.45, 2.75) is 130 Å². The van der Waals surface area contributed by atoms with Crippen molar-refractivity contribution >= 4 is 0 Å². The molecule has 0 saturated heterocycles. The largest absolute Gasteiger partial charge is 0.327 e. The Morgan fingerprint density at radius 2 is 1.58 bits per heavy atom. The van der Waals surface area contributed by atoms with Crippen molar-refractivity contribution in [2.75, 3.05) is 0 Å². The van der Waals surface area contributed by atoms with Crippen molar-refractivity contribution in [3.8, 4) is 0 Å². The lowest BCUT2D eigenvalue weighted by molar-refractivity contribution is 0.0797. The van der Waals surface area contributed by atoms with E-state index in [1.54, 1.807) is 0 Å². The first kappa shape index (κ1) is 24.0.